The first kappa shape index (κ1) is 15.2. The molecule has 0 N–H and O–H groups in total. The lowest BCUT2D eigenvalue weighted by Crippen LogP contribution is -1.93. The molecule has 8 heteroatoms. The van der Waals surface area contributed by atoms with Crippen LogP contribution in [0.1, 0.15) is 16.3 Å². The summed E-state index contributed by atoms with van der Waals surface area (Å²) in [7, 11) is 0. The van der Waals surface area contributed by atoms with Crippen LogP contribution < -0.4 is 0 Å². The topological polar surface area (TPSA) is 56.0 Å². The summed E-state index contributed by atoms with van der Waals surface area (Å²) < 4.78 is 1.65. The van der Waals surface area contributed by atoms with Crippen LogP contribution >= 0.6 is 34.7 Å². The highest BCUT2D eigenvalue weighted by Crippen LogP contribution is 2.21. The fourth-order valence-electron chi connectivity index (χ4n) is 1.68. The van der Waals surface area contributed by atoms with Gasteiger partial charge in [0.15, 0.2) is 0 Å². The molecule has 0 aliphatic heterocycles. The number of hydrogen-bond donors (Lipinski definition) is 0. The third-order valence-corrected chi connectivity index (χ3v) is 4.78. The van der Waals surface area contributed by atoms with Crippen LogP contribution in [0.3, 0.4) is 0 Å². The molecular formula is C14H12ClN5S2. The lowest BCUT2D eigenvalue weighted by molar-refractivity contribution is 0.766. The van der Waals surface area contributed by atoms with E-state index < -0.39 is 0 Å². The molecule has 3 rings (SSSR count). The van der Waals surface area contributed by atoms with Crippen molar-refractivity contribution in [3.63, 3.8) is 0 Å². The van der Waals surface area contributed by atoms with Gasteiger partial charge in [-0.3, -0.25) is 0 Å². The summed E-state index contributed by atoms with van der Waals surface area (Å²) in [6.07, 6.45) is 3.29. The van der Waals surface area contributed by atoms with Crippen molar-refractivity contribution in [2.24, 2.45) is 5.10 Å². The van der Waals surface area contributed by atoms with Crippen molar-refractivity contribution in [1.82, 2.24) is 19.9 Å². The predicted molar refractivity (Wildman–Crippen MR) is 90.9 cm³/mol. The lowest BCUT2D eigenvalue weighted by Gasteiger charge is -2.01. The third kappa shape index (κ3) is 3.94. The summed E-state index contributed by atoms with van der Waals surface area (Å²) in [5.74, 6) is 0.779. The Bertz CT molecular complexity index is 779. The first-order valence-corrected chi connectivity index (χ1v) is 8.69. The Hall–Kier alpha value is -1.70. The largest absolute Gasteiger partial charge is 0.240 e. The number of thioether (sulfide) groups is 1. The van der Waals surface area contributed by atoms with E-state index in [-0.39, 0.29) is 0 Å². The van der Waals surface area contributed by atoms with Crippen LogP contribution in [0.25, 0.3) is 0 Å². The van der Waals surface area contributed by atoms with Crippen LogP contribution in [0.15, 0.2) is 46.2 Å². The van der Waals surface area contributed by atoms with E-state index in [9.17, 15) is 0 Å². The van der Waals surface area contributed by atoms with Crippen LogP contribution in [0.2, 0.25) is 5.02 Å². The Morgan fingerprint density at radius 3 is 2.91 bits per heavy atom. The number of aryl methyl sites for hydroxylation is 1. The molecule has 0 saturated carbocycles. The SMILES string of the molecule is Cc1nc(/C=N/n2cnnc2SCc2ccc(Cl)cc2)cs1. The molecule has 112 valence electrons. The van der Waals surface area contributed by atoms with Gasteiger partial charge >= 0.3 is 0 Å². The van der Waals surface area contributed by atoms with Gasteiger partial charge in [-0.15, -0.1) is 21.5 Å². The molecule has 5 nitrogen and oxygen atoms in total. The molecule has 1 aromatic carbocycles. The monoisotopic (exact) mass is 349 g/mol. The summed E-state index contributed by atoms with van der Waals surface area (Å²) in [6, 6.07) is 7.75. The van der Waals surface area contributed by atoms with Crippen molar-refractivity contribution < 1.29 is 0 Å². The molecule has 0 aliphatic carbocycles. The van der Waals surface area contributed by atoms with Crippen LogP contribution in [-0.2, 0) is 5.75 Å². The Kier molecular flexibility index (Phi) is 4.87. The van der Waals surface area contributed by atoms with E-state index in [0.29, 0.717) is 0 Å². The van der Waals surface area contributed by atoms with Crippen LogP contribution in [0.5, 0.6) is 0 Å². The zero-order valence-corrected chi connectivity index (χ0v) is 14.1. The molecule has 0 radical (unpaired) electrons. The van der Waals surface area contributed by atoms with E-state index in [2.05, 4.69) is 20.3 Å². The molecular weight excluding hydrogens is 338 g/mol. The van der Waals surface area contributed by atoms with Crippen molar-refractivity contribution >= 4 is 40.9 Å². The van der Waals surface area contributed by atoms with Crippen molar-refractivity contribution in [3.8, 4) is 0 Å². The molecule has 0 atom stereocenters. The van der Waals surface area contributed by atoms with Crippen molar-refractivity contribution in [2.45, 2.75) is 17.8 Å². The number of rotatable bonds is 5. The van der Waals surface area contributed by atoms with E-state index in [1.807, 2.05) is 36.6 Å². The zero-order chi connectivity index (χ0) is 15.4. The lowest BCUT2D eigenvalue weighted by atomic mass is 10.2. The molecule has 0 fully saturated rings. The number of thiazole rings is 1. The van der Waals surface area contributed by atoms with Crippen LogP contribution in [-0.4, -0.2) is 26.1 Å². The van der Waals surface area contributed by atoms with Gasteiger partial charge < -0.3 is 0 Å². The van der Waals surface area contributed by atoms with Crippen molar-refractivity contribution in [1.29, 1.82) is 0 Å². The standard InChI is InChI=1S/C14H12ClN5S2/c1-10-18-13(8-21-10)6-17-20-9-16-19-14(20)22-7-11-2-4-12(15)5-3-11/h2-6,8-9H,7H2,1H3/b17-6+. The number of benzene rings is 1. The normalized spacial score (nSPS) is 11.4. The first-order valence-electron chi connectivity index (χ1n) is 6.44. The zero-order valence-electron chi connectivity index (χ0n) is 11.7. The molecule has 0 aliphatic rings. The summed E-state index contributed by atoms with van der Waals surface area (Å²) in [5.41, 5.74) is 2.01. The molecule has 0 unspecified atom stereocenters. The molecule has 2 aromatic heterocycles. The average molecular weight is 350 g/mol. The van der Waals surface area contributed by atoms with Crippen LogP contribution in [0, 0.1) is 6.92 Å². The molecule has 0 saturated heterocycles. The van der Waals surface area contributed by atoms with Gasteiger partial charge in [-0.25, -0.2) is 4.98 Å². The van der Waals surface area contributed by atoms with E-state index in [4.69, 9.17) is 11.6 Å². The molecule has 0 bridgehead atoms. The summed E-state index contributed by atoms with van der Waals surface area (Å²) >= 11 is 9.04. The highest BCUT2D eigenvalue weighted by atomic mass is 35.5. The Morgan fingerprint density at radius 2 is 2.18 bits per heavy atom. The molecule has 3 aromatic rings. The molecule has 0 spiro atoms. The van der Waals surface area contributed by atoms with Crippen molar-refractivity contribution in [2.75, 3.05) is 0 Å². The van der Waals surface area contributed by atoms with Crippen molar-refractivity contribution in [3.05, 3.63) is 57.3 Å². The van der Waals surface area contributed by atoms with Gasteiger partial charge in [-0.05, 0) is 24.6 Å². The van der Waals surface area contributed by atoms with Crippen LogP contribution in [0.4, 0.5) is 0 Å². The van der Waals surface area contributed by atoms with Gasteiger partial charge in [0, 0.05) is 16.2 Å². The summed E-state index contributed by atoms with van der Waals surface area (Å²) in [6.45, 7) is 1.97. The third-order valence-electron chi connectivity index (χ3n) is 2.73. The molecule has 0 amide bonds. The smallest absolute Gasteiger partial charge is 0.212 e. The van der Waals surface area contributed by atoms with E-state index in [0.717, 1.165) is 26.6 Å². The fraction of sp³-hybridized carbons (Fsp3) is 0.143. The summed E-state index contributed by atoms with van der Waals surface area (Å²) in [5, 5.41) is 16.8. The number of halogens is 1. The second-order valence-electron chi connectivity index (χ2n) is 4.41. The number of nitrogens with zero attached hydrogens (tertiary/aromatic N) is 5. The maximum Gasteiger partial charge on any atom is 0.212 e. The van der Waals surface area contributed by atoms with E-state index >= 15 is 0 Å². The Balaban J connectivity index is 1.67. The van der Waals surface area contributed by atoms with Gasteiger partial charge in [-0.2, -0.15) is 9.78 Å². The fourth-order valence-corrected chi connectivity index (χ4v) is 3.19. The second kappa shape index (κ2) is 7.04. The Labute approximate surface area is 141 Å². The highest BCUT2D eigenvalue weighted by molar-refractivity contribution is 7.98. The first-order chi connectivity index (χ1) is 10.7. The van der Waals surface area contributed by atoms with Gasteiger partial charge in [0.25, 0.3) is 0 Å². The second-order valence-corrected chi connectivity index (χ2v) is 6.85. The predicted octanol–water partition coefficient (Wildman–Crippen LogP) is 3.87. The minimum atomic E-state index is 0.734. The molecule has 2 heterocycles. The number of aromatic nitrogens is 4. The maximum absolute atomic E-state index is 5.88. The van der Waals surface area contributed by atoms with Gasteiger partial charge in [0.1, 0.15) is 6.33 Å². The Morgan fingerprint density at radius 1 is 1.36 bits per heavy atom. The molecule has 22 heavy (non-hydrogen) atoms. The summed E-state index contributed by atoms with van der Waals surface area (Å²) in [4.78, 5) is 4.34. The van der Waals surface area contributed by atoms with Gasteiger partial charge in [0.2, 0.25) is 5.16 Å². The number of hydrogen-bond acceptors (Lipinski definition) is 6. The van der Waals surface area contributed by atoms with Gasteiger partial charge in [-0.1, -0.05) is 35.5 Å². The minimum Gasteiger partial charge on any atom is -0.240 e. The van der Waals surface area contributed by atoms with Gasteiger partial charge in [0.05, 0.1) is 16.9 Å². The quantitative estimate of drug-likeness (QED) is 0.518. The van der Waals surface area contributed by atoms with E-state index in [1.54, 1.807) is 40.3 Å². The maximum atomic E-state index is 5.88. The average Bonchev–Trinajstić information content (AvgIpc) is 3.13. The van der Waals surface area contributed by atoms with E-state index in [1.165, 1.54) is 5.56 Å². The highest BCUT2D eigenvalue weighted by Gasteiger charge is 2.05. The minimum absolute atomic E-state index is 0.734.